The molecule has 0 saturated heterocycles. The van der Waals surface area contributed by atoms with E-state index < -0.39 is 22.8 Å². The van der Waals surface area contributed by atoms with Crippen molar-refractivity contribution >= 4 is 16.0 Å². The summed E-state index contributed by atoms with van der Waals surface area (Å²) in [6, 6.07) is 6.18. The fourth-order valence-corrected chi connectivity index (χ4v) is 2.17. The average Bonchev–Trinajstić information content (AvgIpc) is 2.51. The summed E-state index contributed by atoms with van der Waals surface area (Å²) >= 11 is 0. The van der Waals surface area contributed by atoms with E-state index in [2.05, 4.69) is 25.1 Å². The van der Waals surface area contributed by atoms with Crippen molar-refractivity contribution in [3.05, 3.63) is 29.8 Å². The fraction of sp³-hybridized carbons (Fsp3) is 0.500. The molecule has 1 rings (SSSR count). The minimum atomic E-state index is -4.37. The van der Waals surface area contributed by atoms with Crippen LogP contribution in [0.25, 0.3) is 0 Å². The highest BCUT2D eigenvalue weighted by Gasteiger charge is 2.28. The Labute approximate surface area is 144 Å². The van der Waals surface area contributed by atoms with E-state index >= 15 is 0 Å². The summed E-state index contributed by atoms with van der Waals surface area (Å²) in [7, 11) is -1.67. The molecule has 3 N–H and O–H groups in total. The number of benzene rings is 1. The normalized spacial score (nSPS) is 12.8. The van der Waals surface area contributed by atoms with Crippen LogP contribution in [-0.2, 0) is 16.6 Å². The van der Waals surface area contributed by atoms with E-state index in [0.29, 0.717) is 19.0 Å². The van der Waals surface area contributed by atoms with Crippen LogP contribution in [0.15, 0.2) is 29.3 Å². The molecule has 142 valence electrons. The van der Waals surface area contributed by atoms with Crippen molar-refractivity contribution in [2.45, 2.75) is 12.7 Å². The monoisotopic (exact) mass is 382 g/mol. The maximum Gasteiger partial charge on any atom is 0.422 e. The lowest BCUT2D eigenvalue weighted by Crippen LogP contribution is -2.41. The Bertz CT molecular complexity index is 661. The molecule has 7 nitrogen and oxygen atoms in total. The van der Waals surface area contributed by atoms with Crippen molar-refractivity contribution in [1.82, 2.24) is 15.4 Å². The molecule has 0 heterocycles. The second kappa shape index (κ2) is 9.47. The summed E-state index contributed by atoms with van der Waals surface area (Å²) in [5.74, 6) is 0.600. The van der Waals surface area contributed by atoms with Crippen molar-refractivity contribution in [2.75, 3.05) is 33.0 Å². The topological polar surface area (TPSA) is 91.8 Å². The van der Waals surface area contributed by atoms with Crippen LogP contribution in [0.4, 0.5) is 13.2 Å². The molecular weight excluding hydrogens is 361 g/mol. The lowest BCUT2D eigenvalue weighted by atomic mass is 10.2. The zero-order chi connectivity index (χ0) is 18.9. The summed E-state index contributed by atoms with van der Waals surface area (Å²) in [6.07, 6.45) is -3.30. The highest BCUT2D eigenvalue weighted by molar-refractivity contribution is 7.88. The molecule has 0 fully saturated rings. The van der Waals surface area contributed by atoms with E-state index in [9.17, 15) is 21.6 Å². The second-order valence-corrected chi connectivity index (χ2v) is 6.90. The Morgan fingerprint density at radius 2 is 1.80 bits per heavy atom. The van der Waals surface area contributed by atoms with Crippen molar-refractivity contribution in [1.29, 1.82) is 0 Å². The first-order valence-electron chi connectivity index (χ1n) is 7.27. The number of sulfonamides is 1. The van der Waals surface area contributed by atoms with Crippen LogP contribution in [0.2, 0.25) is 0 Å². The lowest BCUT2D eigenvalue weighted by molar-refractivity contribution is -0.153. The van der Waals surface area contributed by atoms with Gasteiger partial charge in [0.2, 0.25) is 10.0 Å². The number of halogens is 3. The van der Waals surface area contributed by atoms with Crippen LogP contribution in [0.5, 0.6) is 5.75 Å². The molecule has 0 aliphatic carbocycles. The van der Waals surface area contributed by atoms with E-state index in [-0.39, 0.29) is 12.3 Å². The molecule has 0 amide bonds. The van der Waals surface area contributed by atoms with Crippen molar-refractivity contribution in [3.63, 3.8) is 0 Å². The van der Waals surface area contributed by atoms with Gasteiger partial charge in [0.1, 0.15) is 5.75 Å². The largest absolute Gasteiger partial charge is 0.484 e. The number of hydrogen-bond acceptors (Lipinski definition) is 4. The number of aliphatic imine (C=N–C) groups is 1. The molecule has 0 spiro atoms. The number of rotatable bonds is 8. The van der Waals surface area contributed by atoms with Gasteiger partial charge >= 0.3 is 6.18 Å². The molecule has 0 atom stereocenters. The third kappa shape index (κ3) is 10.5. The van der Waals surface area contributed by atoms with Crippen LogP contribution in [-0.4, -0.2) is 53.6 Å². The number of nitrogens with one attached hydrogen (secondary N) is 3. The predicted molar refractivity (Wildman–Crippen MR) is 89.0 cm³/mol. The van der Waals surface area contributed by atoms with Crippen LogP contribution < -0.4 is 20.1 Å². The zero-order valence-electron chi connectivity index (χ0n) is 13.9. The van der Waals surface area contributed by atoms with Crippen LogP contribution in [0.3, 0.4) is 0 Å². The number of alkyl halides is 3. The standard InChI is InChI=1S/C14H21F3N4O3S/c1-18-13(19-7-8-21-25(2,22)23)20-9-11-3-5-12(6-4-11)24-10-14(15,16)17/h3-6,21H,7-10H2,1-2H3,(H2,18,19,20). The Morgan fingerprint density at radius 1 is 1.16 bits per heavy atom. The van der Waals surface area contributed by atoms with Gasteiger partial charge in [-0.1, -0.05) is 12.1 Å². The summed E-state index contributed by atoms with van der Waals surface area (Å²) in [5.41, 5.74) is 0.816. The van der Waals surface area contributed by atoms with Crippen LogP contribution >= 0.6 is 0 Å². The van der Waals surface area contributed by atoms with Gasteiger partial charge in [0, 0.05) is 26.7 Å². The number of guanidine groups is 1. The van der Waals surface area contributed by atoms with Gasteiger partial charge in [-0.2, -0.15) is 13.2 Å². The third-order valence-electron chi connectivity index (χ3n) is 2.79. The molecule has 0 saturated carbocycles. The van der Waals surface area contributed by atoms with Gasteiger partial charge in [-0.15, -0.1) is 0 Å². The molecule has 0 radical (unpaired) electrons. The Kier molecular flexibility index (Phi) is 7.97. The molecule has 0 aromatic heterocycles. The SMILES string of the molecule is CN=C(NCCNS(C)(=O)=O)NCc1ccc(OCC(F)(F)F)cc1. The lowest BCUT2D eigenvalue weighted by Gasteiger charge is -2.13. The van der Waals surface area contributed by atoms with E-state index in [1.54, 1.807) is 19.2 Å². The van der Waals surface area contributed by atoms with Gasteiger partial charge in [-0.05, 0) is 17.7 Å². The van der Waals surface area contributed by atoms with Crippen LogP contribution in [0, 0.1) is 0 Å². The van der Waals surface area contributed by atoms with Gasteiger partial charge in [0.15, 0.2) is 12.6 Å². The molecule has 0 aliphatic rings. The van der Waals surface area contributed by atoms with Gasteiger partial charge < -0.3 is 15.4 Å². The van der Waals surface area contributed by atoms with Gasteiger partial charge in [-0.3, -0.25) is 4.99 Å². The summed E-state index contributed by atoms with van der Waals surface area (Å²) in [4.78, 5) is 3.98. The minimum absolute atomic E-state index is 0.135. The number of nitrogens with zero attached hydrogens (tertiary/aromatic N) is 1. The maximum atomic E-state index is 12.1. The predicted octanol–water partition coefficient (Wildman–Crippen LogP) is 0.842. The smallest absolute Gasteiger partial charge is 0.422 e. The number of hydrogen-bond donors (Lipinski definition) is 3. The summed E-state index contributed by atoms with van der Waals surface area (Å²) < 4.78 is 65.0. The second-order valence-electron chi connectivity index (χ2n) is 5.07. The molecule has 0 aliphatic heterocycles. The first-order chi connectivity index (χ1) is 11.6. The van der Waals surface area contributed by atoms with Crippen molar-refractivity contribution in [2.24, 2.45) is 4.99 Å². The molecular formula is C14H21F3N4O3S. The van der Waals surface area contributed by atoms with E-state index in [1.165, 1.54) is 12.1 Å². The molecule has 0 bridgehead atoms. The molecule has 11 heteroatoms. The third-order valence-corrected chi connectivity index (χ3v) is 3.52. The molecule has 1 aromatic carbocycles. The highest BCUT2D eigenvalue weighted by atomic mass is 32.2. The van der Waals surface area contributed by atoms with Gasteiger partial charge in [-0.25, -0.2) is 13.1 Å². The van der Waals surface area contributed by atoms with Crippen molar-refractivity contribution < 1.29 is 26.3 Å². The zero-order valence-corrected chi connectivity index (χ0v) is 14.7. The first kappa shape index (κ1) is 21.0. The van der Waals surface area contributed by atoms with Gasteiger partial charge in [0.05, 0.1) is 6.26 Å². The number of ether oxygens (including phenoxy) is 1. The summed E-state index contributed by atoms with van der Waals surface area (Å²) in [5, 5.41) is 5.92. The minimum Gasteiger partial charge on any atom is -0.484 e. The molecule has 25 heavy (non-hydrogen) atoms. The first-order valence-corrected chi connectivity index (χ1v) is 9.16. The average molecular weight is 382 g/mol. The fourth-order valence-electron chi connectivity index (χ4n) is 1.69. The Morgan fingerprint density at radius 3 is 2.32 bits per heavy atom. The van der Waals surface area contributed by atoms with Crippen molar-refractivity contribution in [3.8, 4) is 5.75 Å². The van der Waals surface area contributed by atoms with E-state index in [4.69, 9.17) is 0 Å². The van der Waals surface area contributed by atoms with E-state index in [1.807, 2.05) is 0 Å². The summed E-state index contributed by atoms with van der Waals surface area (Å²) in [6.45, 7) is -0.386. The van der Waals surface area contributed by atoms with E-state index in [0.717, 1.165) is 11.8 Å². The highest BCUT2D eigenvalue weighted by Crippen LogP contribution is 2.18. The molecule has 1 aromatic rings. The molecule has 0 unspecified atom stereocenters. The van der Waals surface area contributed by atoms with Gasteiger partial charge in [0.25, 0.3) is 0 Å². The Balaban J connectivity index is 2.37. The Hall–Kier alpha value is -2.01. The van der Waals surface area contributed by atoms with Crippen LogP contribution in [0.1, 0.15) is 5.56 Å². The quantitative estimate of drug-likeness (QED) is 0.352. The maximum absolute atomic E-state index is 12.1.